The second-order valence-electron chi connectivity index (χ2n) is 3.86. The summed E-state index contributed by atoms with van der Waals surface area (Å²) in [6, 6.07) is -0.472. The lowest BCUT2D eigenvalue weighted by Crippen LogP contribution is -2.35. The molecule has 7 heteroatoms. The summed E-state index contributed by atoms with van der Waals surface area (Å²) in [5.74, 6) is 0.706. The number of ether oxygens (including phenoxy) is 1. The molecule has 6 nitrogen and oxygen atoms in total. The lowest BCUT2D eigenvalue weighted by atomic mass is 10.2. The van der Waals surface area contributed by atoms with Gasteiger partial charge in [-0.15, -0.1) is 0 Å². The number of hydrogen-bond donors (Lipinski definition) is 2. The first-order valence-corrected chi connectivity index (χ1v) is 7.13. The Bertz CT molecular complexity index is 370. The average molecular weight is 272 g/mol. The molecule has 0 aliphatic heterocycles. The Morgan fingerprint density at radius 2 is 2.50 bits per heavy atom. The Labute approximate surface area is 111 Å². The van der Waals surface area contributed by atoms with Crippen molar-refractivity contribution in [2.75, 3.05) is 31.0 Å². The number of nitrogens with one attached hydrogen (secondary N) is 1. The molecule has 0 saturated heterocycles. The highest BCUT2D eigenvalue weighted by atomic mass is 32.2. The largest absolute Gasteiger partial charge is 0.383 e. The van der Waals surface area contributed by atoms with Crippen LogP contribution in [0.2, 0.25) is 0 Å². The van der Waals surface area contributed by atoms with Crippen molar-refractivity contribution in [3.63, 3.8) is 0 Å². The number of amides is 1. The second kappa shape index (κ2) is 8.12. The van der Waals surface area contributed by atoms with Crippen LogP contribution in [0.5, 0.6) is 0 Å². The normalized spacial score (nSPS) is 12.4. The van der Waals surface area contributed by atoms with Crippen LogP contribution in [0.15, 0.2) is 12.4 Å². The van der Waals surface area contributed by atoms with Gasteiger partial charge in [0.15, 0.2) is 0 Å². The highest BCUT2D eigenvalue weighted by molar-refractivity contribution is 7.98. The van der Waals surface area contributed by atoms with Crippen LogP contribution in [-0.4, -0.2) is 47.5 Å². The Kier molecular flexibility index (Phi) is 6.77. The van der Waals surface area contributed by atoms with Crippen molar-refractivity contribution in [2.24, 2.45) is 5.73 Å². The van der Waals surface area contributed by atoms with Crippen molar-refractivity contribution in [1.29, 1.82) is 0 Å². The minimum Gasteiger partial charge on any atom is -0.383 e. The number of carbonyl (C=O) groups is 1. The number of hydrogen-bond acceptors (Lipinski definition) is 5. The maximum absolute atomic E-state index is 11.7. The molecule has 0 saturated carbocycles. The smallest absolute Gasteiger partial charge is 0.241 e. The zero-order valence-electron chi connectivity index (χ0n) is 10.8. The summed E-state index contributed by atoms with van der Waals surface area (Å²) in [7, 11) is 1.64. The molecule has 0 aromatic carbocycles. The predicted molar refractivity (Wildman–Crippen MR) is 73.7 cm³/mol. The molecule has 1 aromatic heterocycles. The zero-order valence-corrected chi connectivity index (χ0v) is 11.6. The highest BCUT2D eigenvalue weighted by Gasteiger charge is 2.13. The minimum absolute atomic E-state index is 0.171. The maximum atomic E-state index is 11.7. The van der Waals surface area contributed by atoms with E-state index in [1.165, 1.54) is 0 Å². The Balaban J connectivity index is 2.41. The summed E-state index contributed by atoms with van der Waals surface area (Å²) >= 11 is 1.68. The van der Waals surface area contributed by atoms with E-state index in [0.29, 0.717) is 25.3 Å². The monoisotopic (exact) mass is 272 g/mol. The van der Waals surface area contributed by atoms with Crippen LogP contribution in [0.3, 0.4) is 0 Å². The quantitative estimate of drug-likeness (QED) is 0.722. The fourth-order valence-electron chi connectivity index (χ4n) is 1.35. The summed E-state index contributed by atoms with van der Waals surface area (Å²) in [5.41, 5.74) is 6.43. The molecule has 0 aliphatic carbocycles. The summed E-state index contributed by atoms with van der Waals surface area (Å²) < 4.78 is 6.66. The zero-order chi connectivity index (χ0) is 13.4. The summed E-state index contributed by atoms with van der Waals surface area (Å²) in [4.78, 5) is 11.7. The Hall–Kier alpha value is -1.05. The SMILES string of the molecule is COCCn1cc(NC(=O)[C@@H](N)CCSC)cn1. The molecule has 0 spiro atoms. The van der Waals surface area contributed by atoms with Crippen molar-refractivity contribution in [3.05, 3.63) is 12.4 Å². The first-order valence-electron chi connectivity index (χ1n) is 5.74. The van der Waals surface area contributed by atoms with Gasteiger partial charge in [-0.05, 0) is 18.4 Å². The van der Waals surface area contributed by atoms with E-state index in [4.69, 9.17) is 10.5 Å². The number of anilines is 1. The van der Waals surface area contributed by atoms with Gasteiger partial charge in [-0.1, -0.05) is 0 Å². The third-order valence-corrected chi connectivity index (χ3v) is 3.04. The van der Waals surface area contributed by atoms with Crippen molar-refractivity contribution in [2.45, 2.75) is 19.0 Å². The first-order chi connectivity index (χ1) is 8.67. The molecule has 0 fully saturated rings. The average Bonchev–Trinajstić information content (AvgIpc) is 2.80. The third-order valence-electron chi connectivity index (χ3n) is 2.40. The summed E-state index contributed by atoms with van der Waals surface area (Å²) in [6.45, 7) is 1.24. The fraction of sp³-hybridized carbons (Fsp3) is 0.636. The van der Waals surface area contributed by atoms with E-state index in [2.05, 4.69) is 10.4 Å². The van der Waals surface area contributed by atoms with E-state index in [9.17, 15) is 4.79 Å². The second-order valence-corrected chi connectivity index (χ2v) is 4.85. The number of nitrogens with two attached hydrogens (primary N) is 1. The van der Waals surface area contributed by atoms with Crippen LogP contribution >= 0.6 is 11.8 Å². The minimum atomic E-state index is -0.472. The number of methoxy groups -OCH3 is 1. The van der Waals surface area contributed by atoms with Gasteiger partial charge >= 0.3 is 0 Å². The molecule has 1 rings (SSSR count). The van der Waals surface area contributed by atoms with Gasteiger partial charge in [0, 0.05) is 13.3 Å². The molecule has 102 valence electrons. The van der Waals surface area contributed by atoms with Gasteiger partial charge in [0.25, 0.3) is 0 Å². The van der Waals surface area contributed by atoms with E-state index in [0.717, 1.165) is 5.75 Å². The van der Waals surface area contributed by atoms with Crippen LogP contribution in [0.4, 0.5) is 5.69 Å². The van der Waals surface area contributed by atoms with Gasteiger partial charge in [-0.3, -0.25) is 9.48 Å². The number of nitrogens with zero attached hydrogens (tertiary/aromatic N) is 2. The van der Waals surface area contributed by atoms with Crippen molar-refractivity contribution in [3.8, 4) is 0 Å². The van der Waals surface area contributed by atoms with E-state index >= 15 is 0 Å². The van der Waals surface area contributed by atoms with Gasteiger partial charge in [0.05, 0.1) is 31.1 Å². The molecule has 1 atom stereocenters. The molecular formula is C11H20N4O2S. The van der Waals surface area contributed by atoms with E-state index < -0.39 is 6.04 Å². The van der Waals surface area contributed by atoms with Crippen molar-refractivity contribution < 1.29 is 9.53 Å². The van der Waals surface area contributed by atoms with Gasteiger partial charge in [-0.25, -0.2) is 0 Å². The molecular weight excluding hydrogens is 252 g/mol. The molecule has 1 amide bonds. The van der Waals surface area contributed by atoms with Gasteiger partial charge in [0.2, 0.25) is 5.91 Å². The lowest BCUT2D eigenvalue weighted by molar-refractivity contribution is -0.117. The van der Waals surface area contributed by atoms with Crippen LogP contribution < -0.4 is 11.1 Å². The molecule has 1 aromatic rings. The number of thioether (sulfide) groups is 1. The number of carbonyl (C=O) groups excluding carboxylic acids is 1. The fourth-order valence-corrected chi connectivity index (χ4v) is 1.84. The standard InChI is InChI=1S/C11H20N4O2S/c1-17-5-4-15-8-9(7-13-15)14-11(16)10(12)3-6-18-2/h7-8,10H,3-6,12H2,1-2H3,(H,14,16)/t10-/m0/s1. The van der Waals surface area contributed by atoms with Crippen LogP contribution in [0.25, 0.3) is 0 Å². The maximum Gasteiger partial charge on any atom is 0.241 e. The molecule has 0 radical (unpaired) electrons. The molecule has 3 N–H and O–H groups in total. The summed E-state index contributed by atoms with van der Waals surface area (Å²) in [6.07, 6.45) is 6.03. The first kappa shape index (κ1) is 15.0. The lowest BCUT2D eigenvalue weighted by Gasteiger charge is -2.09. The third kappa shape index (κ3) is 5.07. The molecule has 0 aliphatic rings. The van der Waals surface area contributed by atoms with Crippen molar-refractivity contribution >= 4 is 23.4 Å². The van der Waals surface area contributed by atoms with E-state index in [-0.39, 0.29) is 5.91 Å². The molecule has 0 unspecified atom stereocenters. The Morgan fingerprint density at radius 1 is 1.72 bits per heavy atom. The van der Waals surface area contributed by atoms with E-state index in [1.54, 1.807) is 35.9 Å². The Morgan fingerprint density at radius 3 is 3.17 bits per heavy atom. The molecule has 1 heterocycles. The molecule has 0 bridgehead atoms. The van der Waals surface area contributed by atoms with Crippen molar-refractivity contribution in [1.82, 2.24) is 9.78 Å². The van der Waals surface area contributed by atoms with Gasteiger partial charge < -0.3 is 15.8 Å². The van der Waals surface area contributed by atoms with Crippen LogP contribution in [0, 0.1) is 0 Å². The van der Waals surface area contributed by atoms with Crippen LogP contribution in [-0.2, 0) is 16.1 Å². The van der Waals surface area contributed by atoms with E-state index in [1.807, 2.05) is 6.26 Å². The predicted octanol–water partition coefficient (Wildman–Crippen LogP) is 0.548. The van der Waals surface area contributed by atoms with Gasteiger partial charge in [-0.2, -0.15) is 16.9 Å². The number of rotatable bonds is 8. The van der Waals surface area contributed by atoms with Crippen LogP contribution in [0.1, 0.15) is 6.42 Å². The summed E-state index contributed by atoms with van der Waals surface area (Å²) in [5, 5.41) is 6.86. The molecule has 18 heavy (non-hydrogen) atoms. The number of aromatic nitrogens is 2. The topological polar surface area (TPSA) is 82.2 Å². The van der Waals surface area contributed by atoms with Gasteiger partial charge in [0.1, 0.15) is 0 Å². The highest BCUT2D eigenvalue weighted by Crippen LogP contribution is 2.07.